The van der Waals surface area contributed by atoms with Crippen molar-refractivity contribution in [2.24, 2.45) is 0 Å². The highest BCUT2D eigenvalue weighted by Crippen LogP contribution is 1.89. The van der Waals surface area contributed by atoms with Crippen molar-refractivity contribution in [3.05, 3.63) is 5.82 Å². The van der Waals surface area contributed by atoms with Crippen LogP contribution in [0.25, 0.3) is 0 Å². The van der Waals surface area contributed by atoms with E-state index in [9.17, 15) is 4.79 Å². The van der Waals surface area contributed by atoms with Gasteiger partial charge >= 0.3 is 5.97 Å². The van der Waals surface area contributed by atoms with E-state index in [4.69, 9.17) is 5.11 Å². The van der Waals surface area contributed by atoms with Crippen molar-refractivity contribution in [2.75, 3.05) is 0 Å². The van der Waals surface area contributed by atoms with Crippen molar-refractivity contribution >= 4 is 5.97 Å². The number of hydrogen-bond donors (Lipinski definition) is 1. The van der Waals surface area contributed by atoms with Gasteiger partial charge < -0.3 is 5.11 Å². The molecule has 0 aromatic carbocycles. The molecule has 0 bridgehead atoms. The van der Waals surface area contributed by atoms with Gasteiger partial charge in [0.15, 0.2) is 5.82 Å². The average Bonchev–Trinajstić information content (AvgIpc) is 2.48. The second-order valence-corrected chi connectivity index (χ2v) is 2.30. The van der Waals surface area contributed by atoms with Crippen LogP contribution in [0.4, 0.5) is 0 Å². The third-order valence-corrected chi connectivity index (χ3v) is 1.34. The fourth-order valence-corrected chi connectivity index (χ4v) is 0.708. The summed E-state index contributed by atoms with van der Waals surface area (Å²) in [6.07, 6.45) is 0.743. The number of carboxylic acids is 1. The third-order valence-electron chi connectivity index (χ3n) is 1.34. The zero-order valence-corrected chi connectivity index (χ0v) is 6.77. The normalized spacial score (nSPS) is 10.1. The highest BCUT2D eigenvalue weighted by molar-refractivity contribution is 5.66. The largest absolute Gasteiger partial charge is 0.481 e. The minimum Gasteiger partial charge on any atom is -0.481 e. The number of tetrazole rings is 1. The van der Waals surface area contributed by atoms with E-state index in [2.05, 4.69) is 15.4 Å². The number of aliphatic carboxylic acids is 1. The predicted molar refractivity (Wildman–Crippen MR) is 39.4 cm³/mol. The van der Waals surface area contributed by atoms with Gasteiger partial charge in [0.1, 0.15) is 0 Å². The molecule has 66 valence electrons. The highest BCUT2D eigenvalue weighted by atomic mass is 16.4. The fraction of sp³-hybridized carbons (Fsp3) is 0.667. The lowest BCUT2D eigenvalue weighted by atomic mass is 10.4. The molecule has 6 nitrogen and oxygen atoms in total. The lowest BCUT2D eigenvalue weighted by molar-refractivity contribution is -0.137. The van der Waals surface area contributed by atoms with E-state index < -0.39 is 5.97 Å². The Morgan fingerprint density at radius 1 is 1.67 bits per heavy atom. The molecule has 0 fully saturated rings. The van der Waals surface area contributed by atoms with Crippen molar-refractivity contribution in [3.63, 3.8) is 0 Å². The number of hydrogen-bond acceptors (Lipinski definition) is 4. The first-order valence-corrected chi connectivity index (χ1v) is 3.71. The molecule has 0 atom stereocenters. The van der Waals surface area contributed by atoms with E-state index in [0.29, 0.717) is 12.2 Å². The van der Waals surface area contributed by atoms with Crippen molar-refractivity contribution < 1.29 is 9.90 Å². The molecule has 0 amide bonds. The van der Waals surface area contributed by atoms with Crippen molar-refractivity contribution in [1.82, 2.24) is 20.2 Å². The Balaban J connectivity index is 2.47. The zero-order chi connectivity index (χ0) is 8.97. The number of rotatable bonds is 4. The minimum absolute atomic E-state index is 0.0273. The molecule has 0 aliphatic carbocycles. The number of aryl methyl sites for hydroxylation is 2. The maximum atomic E-state index is 10.2. The standard InChI is InChI=1S/C6H10N4O2/c1-2-5-7-9-10(8-5)4-3-6(11)12/h2-4H2,1H3,(H,11,12). The van der Waals surface area contributed by atoms with E-state index >= 15 is 0 Å². The van der Waals surface area contributed by atoms with Gasteiger partial charge in [-0.3, -0.25) is 4.79 Å². The van der Waals surface area contributed by atoms with Crippen LogP contribution in [-0.4, -0.2) is 31.3 Å². The molecule has 0 unspecified atom stereocenters. The Bertz CT molecular complexity index is 270. The van der Waals surface area contributed by atoms with E-state index in [1.807, 2.05) is 6.92 Å². The van der Waals surface area contributed by atoms with Gasteiger partial charge in [0, 0.05) is 6.42 Å². The van der Waals surface area contributed by atoms with E-state index in [0.717, 1.165) is 0 Å². The molecule has 12 heavy (non-hydrogen) atoms. The summed E-state index contributed by atoms with van der Waals surface area (Å²) >= 11 is 0. The fourth-order valence-electron chi connectivity index (χ4n) is 0.708. The second kappa shape index (κ2) is 3.80. The van der Waals surface area contributed by atoms with Crippen molar-refractivity contribution in [3.8, 4) is 0 Å². The molecule has 1 heterocycles. The molecule has 1 aromatic heterocycles. The van der Waals surface area contributed by atoms with E-state index in [-0.39, 0.29) is 13.0 Å². The predicted octanol–water partition coefficient (Wildman–Crippen LogP) is -0.290. The summed E-state index contributed by atoms with van der Waals surface area (Å²) in [4.78, 5) is 11.5. The van der Waals surface area contributed by atoms with Crippen LogP contribution in [0.2, 0.25) is 0 Å². The molecule has 1 rings (SSSR count). The number of aromatic nitrogens is 4. The van der Waals surface area contributed by atoms with E-state index in [1.165, 1.54) is 4.80 Å². The van der Waals surface area contributed by atoms with Gasteiger partial charge in [0.05, 0.1) is 13.0 Å². The van der Waals surface area contributed by atoms with Gasteiger partial charge in [-0.2, -0.15) is 4.80 Å². The zero-order valence-electron chi connectivity index (χ0n) is 6.77. The lowest BCUT2D eigenvalue weighted by Gasteiger charge is -1.92. The molecular weight excluding hydrogens is 160 g/mol. The highest BCUT2D eigenvalue weighted by Gasteiger charge is 2.02. The summed E-state index contributed by atoms with van der Waals surface area (Å²) in [5, 5.41) is 19.7. The summed E-state index contributed by atoms with van der Waals surface area (Å²) in [5.74, 6) is -0.217. The minimum atomic E-state index is -0.856. The van der Waals surface area contributed by atoms with Gasteiger partial charge in [-0.05, 0) is 5.21 Å². The van der Waals surface area contributed by atoms with Gasteiger partial charge in [-0.1, -0.05) is 6.92 Å². The van der Waals surface area contributed by atoms with Crippen LogP contribution < -0.4 is 0 Å². The molecule has 0 spiro atoms. The van der Waals surface area contributed by atoms with Crippen molar-refractivity contribution in [2.45, 2.75) is 26.3 Å². The second-order valence-electron chi connectivity index (χ2n) is 2.30. The van der Waals surface area contributed by atoms with Gasteiger partial charge in [0.25, 0.3) is 0 Å². The average molecular weight is 170 g/mol. The first kappa shape index (κ1) is 8.63. The Morgan fingerprint density at radius 3 is 2.92 bits per heavy atom. The molecule has 0 aliphatic rings. The van der Waals surface area contributed by atoms with Crippen LogP contribution in [0.3, 0.4) is 0 Å². The Kier molecular flexibility index (Phi) is 2.73. The molecule has 0 saturated carbocycles. The summed E-state index contributed by atoms with van der Waals surface area (Å²) in [5.41, 5.74) is 0. The number of carbonyl (C=O) groups is 1. The molecule has 1 aromatic rings. The molecule has 0 aliphatic heterocycles. The SMILES string of the molecule is CCc1nnn(CCC(=O)O)n1. The van der Waals surface area contributed by atoms with Gasteiger partial charge in [-0.15, -0.1) is 10.2 Å². The van der Waals surface area contributed by atoms with Crippen molar-refractivity contribution in [1.29, 1.82) is 0 Å². The monoisotopic (exact) mass is 170 g/mol. The van der Waals surface area contributed by atoms with Crippen LogP contribution in [-0.2, 0) is 17.8 Å². The molecular formula is C6H10N4O2. The molecule has 6 heteroatoms. The Morgan fingerprint density at radius 2 is 2.42 bits per heavy atom. The van der Waals surface area contributed by atoms with E-state index in [1.54, 1.807) is 0 Å². The maximum Gasteiger partial charge on any atom is 0.305 e. The third kappa shape index (κ3) is 2.30. The maximum absolute atomic E-state index is 10.2. The van der Waals surface area contributed by atoms with Crippen LogP contribution in [0.15, 0.2) is 0 Å². The van der Waals surface area contributed by atoms with Crippen LogP contribution in [0.1, 0.15) is 19.2 Å². The van der Waals surface area contributed by atoms with Crippen LogP contribution >= 0.6 is 0 Å². The topological polar surface area (TPSA) is 80.9 Å². The summed E-state index contributed by atoms with van der Waals surface area (Å²) in [6.45, 7) is 2.20. The summed E-state index contributed by atoms with van der Waals surface area (Å²) in [7, 11) is 0. The van der Waals surface area contributed by atoms with Crippen LogP contribution in [0, 0.1) is 0 Å². The summed E-state index contributed by atoms with van der Waals surface area (Å²) < 4.78 is 0. The lowest BCUT2D eigenvalue weighted by Crippen LogP contribution is -2.07. The van der Waals surface area contributed by atoms with Gasteiger partial charge in [0.2, 0.25) is 0 Å². The molecule has 0 saturated heterocycles. The quantitative estimate of drug-likeness (QED) is 0.671. The van der Waals surface area contributed by atoms with Crippen LogP contribution in [0.5, 0.6) is 0 Å². The number of nitrogens with zero attached hydrogens (tertiary/aromatic N) is 4. The number of carboxylic acid groups (broad SMARTS) is 1. The first-order chi connectivity index (χ1) is 5.72. The Hall–Kier alpha value is -1.46. The molecule has 1 N–H and O–H groups in total. The Labute approximate surface area is 69.2 Å². The smallest absolute Gasteiger partial charge is 0.305 e. The van der Waals surface area contributed by atoms with Gasteiger partial charge in [-0.25, -0.2) is 0 Å². The summed E-state index contributed by atoms with van der Waals surface area (Å²) in [6, 6.07) is 0. The first-order valence-electron chi connectivity index (χ1n) is 3.71. The molecule has 0 radical (unpaired) electrons.